The molecule has 0 radical (unpaired) electrons. The third-order valence-corrected chi connectivity index (χ3v) is 5.71. The van der Waals surface area contributed by atoms with E-state index in [1.807, 2.05) is 6.92 Å². The number of carbonyl (C=O) groups is 3. The minimum Gasteiger partial charge on any atom is -0.507 e. The van der Waals surface area contributed by atoms with Gasteiger partial charge in [0.15, 0.2) is 5.13 Å². The first-order chi connectivity index (χ1) is 16.8. The standard InChI is InChI=1S/C23H20N2O5S.C2H4O2/c1-3-30-17-10-6-15(7-11-17)20(26)18-19(14-4-8-16(29-2)9-5-14)25(22(28)21(18)27)23-24-12-13-31-23;1-2(3)4/h4-13,19,26H,3H2,1-2H3;1H3,(H,3,4)/b20-18+;. The normalized spacial score (nSPS) is 16.4. The van der Waals surface area contributed by atoms with Crippen molar-refractivity contribution in [3.63, 3.8) is 0 Å². The number of thiazole rings is 1. The SMILES string of the molecule is CC(=O)O.CCOc1ccc(/C(O)=C2\C(=O)C(=O)N(c3nccs3)C2c2ccc(OC)cc2)cc1. The van der Waals surface area contributed by atoms with E-state index in [-0.39, 0.29) is 11.3 Å². The fourth-order valence-electron chi connectivity index (χ4n) is 3.50. The van der Waals surface area contributed by atoms with Crippen LogP contribution in [0.5, 0.6) is 11.5 Å². The van der Waals surface area contributed by atoms with Crippen LogP contribution in [0.15, 0.2) is 65.7 Å². The Morgan fingerprint density at radius 1 is 1.06 bits per heavy atom. The van der Waals surface area contributed by atoms with E-state index in [0.29, 0.717) is 34.4 Å². The molecule has 2 aromatic carbocycles. The summed E-state index contributed by atoms with van der Waals surface area (Å²) in [6.07, 6.45) is 1.57. The molecular formula is C25H24N2O7S. The first-order valence-corrected chi connectivity index (χ1v) is 11.4. The maximum Gasteiger partial charge on any atom is 0.301 e. The summed E-state index contributed by atoms with van der Waals surface area (Å²) < 4.78 is 10.7. The minimum atomic E-state index is -0.833. The highest BCUT2D eigenvalue weighted by molar-refractivity contribution is 7.14. The number of rotatable bonds is 6. The van der Waals surface area contributed by atoms with E-state index in [1.54, 1.807) is 67.2 Å². The highest BCUT2D eigenvalue weighted by atomic mass is 32.1. The van der Waals surface area contributed by atoms with Crippen molar-refractivity contribution >= 4 is 39.9 Å². The summed E-state index contributed by atoms with van der Waals surface area (Å²) >= 11 is 1.25. The Morgan fingerprint density at radius 3 is 2.17 bits per heavy atom. The number of carbonyl (C=O) groups excluding carboxylic acids is 2. The number of anilines is 1. The molecule has 1 saturated heterocycles. The van der Waals surface area contributed by atoms with Gasteiger partial charge in [-0.15, -0.1) is 11.3 Å². The van der Waals surface area contributed by atoms with E-state index >= 15 is 0 Å². The number of benzene rings is 2. The molecule has 0 aliphatic carbocycles. The number of aliphatic hydroxyl groups excluding tert-OH is 1. The quantitative estimate of drug-likeness (QED) is 0.294. The largest absolute Gasteiger partial charge is 0.507 e. The Balaban J connectivity index is 0.000000795. The molecule has 182 valence electrons. The fraction of sp³-hybridized carbons (Fsp3) is 0.200. The second-order valence-electron chi connectivity index (χ2n) is 7.23. The number of carboxylic acids is 1. The van der Waals surface area contributed by atoms with Crippen LogP contribution in [0.2, 0.25) is 0 Å². The lowest BCUT2D eigenvalue weighted by molar-refractivity contribution is -0.134. The number of hydrogen-bond acceptors (Lipinski definition) is 8. The summed E-state index contributed by atoms with van der Waals surface area (Å²) in [5.74, 6) is -1.29. The van der Waals surface area contributed by atoms with E-state index in [2.05, 4.69) is 4.98 Å². The molecule has 1 atom stereocenters. The van der Waals surface area contributed by atoms with E-state index in [9.17, 15) is 14.7 Å². The van der Waals surface area contributed by atoms with Gasteiger partial charge in [0.05, 0.1) is 25.3 Å². The summed E-state index contributed by atoms with van der Waals surface area (Å²) in [4.78, 5) is 40.5. The van der Waals surface area contributed by atoms with Crippen molar-refractivity contribution in [1.82, 2.24) is 4.98 Å². The third-order valence-electron chi connectivity index (χ3n) is 4.94. The van der Waals surface area contributed by atoms with Crippen LogP contribution in [-0.4, -0.2) is 46.6 Å². The monoisotopic (exact) mass is 496 g/mol. The van der Waals surface area contributed by atoms with Gasteiger partial charge in [-0.25, -0.2) is 4.98 Å². The molecule has 4 rings (SSSR count). The molecule has 1 amide bonds. The first kappa shape index (κ1) is 25.4. The number of Topliss-reactive ketones (excluding diaryl/α,β-unsaturated/α-hetero) is 1. The number of aliphatic hydroxyl groups is 1. The number of nitrogens with zero attached hydrogens (tertiary/aromatic N) is 2. The van der Waals surface area contributed by atoms with Gasteiger partial charge in [0.2, 0.25) is 0 Å². The topological polar surface area (TPSA) is 126 Å². The third kappa shape index (κ3) is 5.67. The van der Waals surface area contributed by atoms with Crippen LogP contribution >= 0.6 is 11.3 Å². The number of carboxylic acid groups (broad SMARTS) is 1. The smallest absolute Gasteiger partial charge is 0.301 e. The Hall–Kier alpha value is -4.18. The van der Waals surface area contributed by atoms with Gasteiger partial charge in [-0.2, -0.15) is 0 Å². The molecule has 0 bridgehead atoms. The number of hydrogen-bond donors (Lipinski definition) is 2. The summed E-state index contributed by atoms with van der Waals surface area (Å²) in [6, 6.07) is 12.9. The molecule has 2 N–H and O–H groups in total. The highest BCUT2D eigenvalue weighted by Gasteiger charge is 2.47. The zero-order chi connectivity index (χ0) is 25.5. The molecule has 3 aromatic rings. The van der Waals surface area contributed by atoms with Crippen molar-refractivity contribution in [1.29, 1.82) is 0 Å². The molecular weight excluding hydrogens is 472 g/mol. The Bertz CT molecular complexity index is 1220. The van der Waals surface area contributed by atoms with Gasteiger partial charge in [-0.1, -0.05) is 12.1 Å². The zero-order valence-electron chi connectivity index (χ0n) is 19.3. The van der Waals surface area contributed by atoms with Crippen molar-refractivity contribution in [3.8, 4) is 11.5 Å². The molecule has 0 saturated carbocycles. The lowest BCUT2D eigenvalue weighted by Gasteiger charge is -2.23. The summed E-state index contributed by atoms with van der Waals surface area (Å²) in [6.45, 7) is 3.48. The second-order valence-corrected chi connectivity index (χ2v) is 8.11. The second kappa shape index (κ2) is 11.3. The van der Waals surface area contributed by atoms with Crippen molar-refractivity contribution < 1.29 is 34.1 Å². The maximum absolute atomic E-state index is 13.0. The molecule has 2 heterocycles. The Labute approximate surface area is 205 Å². The van der Waals surface area contributed by atoms with Crippen molar-refractivity contribution in [3.05, 3.63) is 76.8 Å². The molecule has 10 heteroatoms. The molecule has 1 aliphatic heterocycles. The maximum atomic E-state index is 13.0. The Morgan fingerprint density at radius 2 is 1.66 bits per heavy atom. The van der Waals surface area contributed by atoms with E-state index < -0.39 is 23.7 Å². The number of aliphatic carboxylic acids is 1. The van der Waals surface area contributed by atoms with Crippen LogP contribution < -0.4 is 14.4 Å². The fourth-order valence-corrected chi connectivity index (χ4v) is 4.16. The van der Waals surface area contributed by atoms with Gasteiger partial charge in [-0.05, 0) is 48.9 Å². The Kier molecular flexibility index (Phi) is 8.21. The van der Waals surface area contributed by atoms with E-state index in [4.69, 9.17) is 19.4 Å². The van der Waals surface area contributed by atoms with Crippen LogP contribution in [-0.2, 0) is 14.4 Å². The van der Waals surface area contributed by atoms with Crippen LogP contribution in [0.3, 0.4) is 0 Å². The van der Waals surface area contributed by atoms with Crippen LogP contribution in [0.1, 0.15) is 31.0 Å². The van der Waals surface area contributed by atoms with Gasteiger partial charge in [0.1, 0.15) is 17.3 Å². The van der Waals surface area contributed by atoms with Gasteiger partial charge in [0.25, 0.3) is 11.8 Å². The predicted octanol–water partition coefficient (Wildman–Crippen LogP) is 4.27. The predicted molar refractivity (Wildman–Crippen MR) is 131 cm³/mol. The van der Waals surface area contributed by atoms with E-state index in [1.165, 1.54) is 16.2 Å². The van der Waals surface area contributed by atoms with Crippen molar-refractivity contribution in [2.45, 2.75) is 19.9 Å². The number of aromatic nitrogens is 1. The van der Waals surface area contributed by atoms with Gasteiger partial charge < -0.3 is 19.7 Å². The van der Waals surface area contributed by atoms with Gasteiger partial charge in [0, 0.05) is 24.1 Å². The number of amides is 1. The molecule has 1 aromatic heterocycles. The molecule has 0 spiro atoms. The lowest BCUT2D eigenvalue weighted by atomic mass is 9.95. The molecule has 9 nitrogen and oxygen atoms in total. The van der Waals surface area contributed by atoms with Crippen LogP contribution in [0.4, 0.5) is 5.13 Å². The minimum absolute atomic E-state index is 0.00882. The average Bonchev–Trinajstić information content (AvgIpc) is 3.46. The zero-order valence-corrected chi connectivity index (χ0v) is 20.1. The van der Waals surface area contributed by atoms with E-state index in [0.717, 1.165) is 6.92 Å². The highest BCUT2D eigenvalue weighted by Crippen LogP contribution is 2.43. The van der Waals surface area contributed by atoms with Gasteiger partial charge in [-0.3, -0.25) is 19.3 Å². The number of methoxy groups -OCH3 is 1. The van der Waals surface area contributed by atoms with Crippen molar-refractivity contribution in [2.75, 3.05) is 18.6 Å². The average molecular weight is 497 g/mol. The molecule has 35 heavy (non-hydrogen) atoms. The molecule has 1 unspecified atom stereocenters. The summed E-state index contributed by atoms with van der Waals surface area (Å²) in [5, 5.41) is 20.6. The summed E-state index contributed by atoms with van der Waals surface area (Å²) in [7, 11) is 1.56. The van der Waals surface area contributed by atoms with Crippen LogP contribution in [0.25, 0.3) is 5.76 Å². The molecule has 1 aliphatic rings. The summed E-state index contributed by atoms with van der Waals surface area (Å²) in [5.41, 5.74) is 1.08. The van der Waals surface area contributed by atoms with Gasteiger partial charge >= 0.3 is 5.91 Å². The number of ether oxygens (including phenoxy) is 2. The van der Waals surface area contributed by atoms with Crippen molar-refractivity contribution in [2.24, 2.45) is 0 Å². The van der Waals surface area contributed by atoms with Crippen LogP contribution in [0, 0.1) is 0 Å². The molecule has 1 fully saturated rings. The first-order valence-electron chi connectivity index (χ1n) is 10.6. The number of ketones is 1. The lowest BCUT2D eigenvalue weighted by Crippen LogP contribution is -2.29.